The summed E-state index contributed by atoms with van der Waals surface area (Å²) >= 11 is 0. The summed E-state index contributed by atoms with van der Waals surface area (Å²) in [5.41, 5.74) is 2.99. The molecule has 0 unspecified atom stereocenters. The molecule has 118 valence electrons. The van der Waals surface area contributed by atoms with E-state index in [0.29, 0.717) is 11.5 Å². The third-order valence-corrected chi connectivity index (χ3v) is 3.35. The van der Waals surface area contributed by atoms with Crippen molar-refractivity contribution >= 4 is 17.5 Å². The first kappa shape index (κ1) is 16.0. The highest BCUT2D eigenvalue weighted by atomic mass is 16.5. The topological polar surface area (TPSA) is 71.0 Å². The van der Waals surface area contributed by atoms with Gasteiger partial charge in [0.2, 0.25) is 5.91 Å². The Kier molecular flexibility index (Phi) is 5.94. The third kappa shape index (κ3) is 5.20. The predicted octanol–water partition coefficient (Wildman–Crippen LogP) is 1.57. The summed E-state index contributed by atoms with van der Waals surface area (Å²) in [6.45, 7) is 3.26. The molecule has 1 aromatic carbocycles. The fourth-order valence-corrected chi connectivity index (χ4v) is 2.19. The van der Waals surface area contributed by atoms with Gasteiger partial charge < -0.3 is 9.64 Å². The molecule has 1 aliphatic rings. The van der Waals surface area contributed by atoms with E-state index >= 15 is 0 Å². The number of hydrogen-bond donors (Lipinski definition) is 1. The highest BCUT2D eigenvalue weighted by Crippen LogP contribution is 2.09. The molecule has 1 N–H and O–H groups in total. The van der Waals surface area contributed by atoms with E-state index in [-0.39, 0.29) is 24.8 Å². The molecule has 1 aliphatic heterocycles. The van der Waals surface area contributed by atoms with Gasteiger partial charge in [-0.05, 0) is 31.9 Å². The summed E-state index contributed by atoms with van der Waals surface area (Å²) in [4.78, 5) is 25.4. The maximum atomic E-state index is 11.9. The Balaban J connectivity index is 1.70. The van der Waals surface area contributed by atoms with Crippen LogP contribution in [-0.4, -0.2) is 42.1 Å². The van der Waals surface area contributed by atoms with E-state index in [9.17, 15) is 9.59 Å². The summed E-state index contributed by atoms with van der Waals surface area (Å²) in [5, 5.41) is 3.94. The lowest BCUT2D eigenvalue weighted by molar-refractivity contribution is -0.129. The number of nitrogens with one attached hydrogen (secondary N) is 1. The zero-order valence-corrected chi connectivity index (χ0v) is 12.7. The van der Waals surface area contributed by atoms with Crippen LogP contribution in [0.2, 0.25) is 0 Å². The number of hydrazone groups is 1. The molecule has 0 bridgehead atoms. The highest BCUT2D eigenvalue weighted by Gasteiger charge is 2.18. The van der Waals surface area contributed by atoms with E-state index in [1.165, 1.54) is 0 Å². The van der Waals surface area contributed by atoms with Gasteiger partial charge in [0.1, 0.15) is 5.75 Å². The molecular weight excluding hydrogens is 282 g/mol. The molecule has 22 heavy (non-hydrogen) atoms. The minimum Gasteiger partial charge on any atom is -0.484 e. The van der Waals surface area contributed by atoms with Crippen LogP contribution in [0.5, 0.6) is 5.75 Å². The lowest BCUT2D eigenvalue weighted by Crippen LogP contribution is -2.30. The number of hydrogen-bond acceptors (Lipinski definition) is 4. The van der Waals surface area contributed by atoms with Gasteiger partial charge in [-0.1, -0.05) is 18.2 Å². The van der Waals surface area contributed by atoms with Crippen molar-refractivity contribution in [3.05, 3.63) is 30.3 Å². The minimum atomic E-state index is -0.350. The molecule has 1 heterocycles. The lowest BCUT2D eigenvalue weighted by atomic mass is 10.3. The highest BCUT2D eigenvalue weighted by molar-refractivity contribution is 6.00. The number of rotatable bonds is 6. The molecule has 2 rings (SSSR count). The van der Waals surface area contributed by atoms with Gasteiger partial charge in [0, 0.05) is 18.8 Å². The maximum Gasteiger partial charge on any atom is 0.277 e. The van der Waals surface area contributed by atoms with Crippen LogP contribution in [0, 0.1) is 0 Å². The van der Waals surface area contributed by atoms with Crippen molar-refractivity contribution in [3.8, 4) is 5.75 Å². The second-order valence-corrected chi connectivity index (χ2v) is 5.25. The zero-order valence-electron chi connectivity index (χ0n) is 12.7. The lowest BCUT2D eigenvalue weighted by Gasteiger charge is -2.14. The summed E-state index contributed by atoms with van der Waals surface area (Å²) < 4.78 is 5.31. The third-order valence-electron chi connectivity index (χ3n) is 3.35. The number of carbonyl (C=O) groups excluding carboxylic acids is 2. The van der Waals surface area contributed by atoms with Crippen molar-refractivity contribution in [1.29, 1.82) is 0 Å². The van der Waals surface area contributed by atoms with Crippen LogP contribution >= 0.6 is 0 Å². The molecule has 6 nitrogen and oxygen atoms in total. The van der Waals surface area contributed by atoms with Crippen LogP contribution in [-0.2, 0) is 9.59 Å². The number of benzene rings is 1. The Hall–Kier alpha value is -2.37. The van der Waals surface area contributed by atoms with E-state index in [1.807, 2.05) is 23.1 Å². The molecule has 1 saturated heterocycles. The average molecular weight is 303 g/mol. The molecule has 0 aromatic heterocycles. The molecule has 1 fully saturated rings. The Bertz CT molecular complexity index is 537. The van der Waals surface area contributed by atoms with Crippen molar-refractivity contribution < 1.29 is 14.3 Å². The molecule has 0 radical (unpaired) electrons. The number of nitrogens with zero attached hydrogens (tertiary/aromatic N) is 2. The number of likely N-dealkylation sites (tertiary alicyclic amines) is 1. The van der Waals surface area contributed by atoms with Gasteiger partial charge in [0.05, 0.1) is 6.42 Å². The van der Waals surface area contributed by atoms with E-state index in [1.54, 1.807) is 19.1 Å². The first-order chi connectivity index (χ1) is 10.6. The van der Waals surface area contributed by atoms with Gasteiger partial charge in [-0.2, -0.15) is 5.10 Å². The molecular formula is C16H21N3O3. The number of carbonyl (C=O) groups is 2. The Morgan fingerprint density at radius 1 is 1.23 bits per heavy atom. The first-order valence-electron chi connectivity index (χ1n) is 7.43. The summed E-state index contributed by atoms with van der Waals surface area (Å²) in [5.74, 6) is 0.341. The van der Waals surface area contributed by atoms with Gasteiger partial charge in [0.25, 0.3) is 5.91 Å². The SMILES string of the molecule is CC(CC(=O)N1CCCC1)=NNC(=O)COc1ccccc1. The van der Waals surface area contributed by atoms with Gasteiger partial charge in [0.15, 0.2) is 6.61 Å². The van der Waals surface area contributed by atoms with Crippen LogP contribution in [0.3, 0.4) is 0 Å². The molecule has 0 aliphatic carbocycles. The molecule has 6 heteroatoms. The largest absolute Gasteiger partial charge is 0.484 e. The zero-order chi connectivity index (χ0) is 15.8. The minimum absolute atomic E-state index is 0.0635. The van der Waals surface area contributed by atoms with Crippen molar-refractivity contribution in [1.82, 2.24) is 10.3 Å². The molecule has 2 amide bonds. The predicted molar refractivity (Wildman–Crippen MR) is 83.6 cm³/mol. The normalized spacial score (nSPS) is 14.8. The van der Waals surface area contributed by atoms with Gasteiger partial charge in [-0.25, -0.2) is 5.43 Å². The Morgan fingerprint density at radius 3 is 2.59 bits per heavy atom. The van der Waals surface area contributed by atoms with Gasteiger partial charge in [-0.15, -0.1) is 0 Å². The number of ether oxygens (including phenoxy) is 1. The van der Waals surface area contributed by atoms with Crippen LogP contribution in [0.25, 0.3) is 0 Å². The summed E-state index contributed by atoms with van der Waals surface area (Å²) in [7, 11) is 0. The number of para-hydroxylation sites is 1. The Labute approximate surface area is 130 Å². The first-order valence-corrected chi connectivity index (χ1v) is 7.43. The van der Waals surface area contributed by atoms with Crippen molar-refractivity contribution in [2.75, 3.05) is 19.7 Å². The number of amides is 2. The Morgan fingerprint density at radius 2 is 1.91 bits per heavy atom. The monoisotopic (exact) mass is 303 g/mol. The van der Waals surface area contributed by atoms with Crippen LogP contribution in [0.1, 0.15) is 26.2 Å². The van der Waals surface area contributed by atoms with Crippen molar-refractivity contribution in [3.63, 3.8) is 0 Å². The van der Waals surface area contributed by atoms with E-state index in [0.717, 1.165) is 25.9 Å². The van der Waals surface area contributed by atoms with Crippen molar-refractivity contribution in [2.24, 2.45) is 5.10 Å². The fourth-order valence-electron chi connectivity index (χ4n) is 2.19. The summed E-state index contributed by atoms with van der Waals surface area (Å²) in [6, 6.07) is 9.09. The van der Waals surface area contributed by atoms with Crippen molar-refractivity contribution in [2.45, 2.75) is 26.2 Å². The standard InChI is InChI=1S/C16H21N3O3/c1-13(11-16(21)19-9-5-6-10-19)17-18-15(20)12-22-14-7-3-2-4-8-14/h2-4,7-8H,5-6,9-12H2,1H3,(H,18,20). The molecule has 0 atom stereocenters. The quantitative estimate of drug-likeness (QED) is 0.640. The van der Waals surface area contributed by atoms with Gasteiger partial charge in [-0.3, -0.25) is 9.59 Å². The maximum absolute atomic E-state index is 11.9. The van der Waals surface area contributed by atoms with Crippen LogP contribution in [0.4, 0.5) is 0 Å². The molecule has 1 aromatic rings. The fraction of sp³-hybridized carbons (Fsp3) is 0.438. The second-order valence-electron chi connectivity index (χ2n) is 5.25. The van der Waals surface area contributed by atoms with E-state index in [2.05, 4.69) is 10.5 Å². The summed E-state index contributed by atoms with van der Waals surface area (Å²) in [6.07, 6.45) is 2.37. The van der Waals surface area contributed by atoms with Crippen LogP contribution in [0.15, 0.2) is 35.4 Å². The van der Waals surface area contributed by atoms with E-state index in [4.69, 9.17) is 4.74 Å². The smallest absolute Gasteiger partial charge is 0.277 e. The molecule has 0 saturated carbocycles. The van der Waals surface area contributed by atoms with Gasteiger partial charge >= 0.3 is 0 Å². The second kappa shape index (κ2) is 8.17. The molecule has 0 spiro atoms. The van der Waals surface area contributed by atoms with E-state index < -0.39 is 0 Å². The average Bonchev–Trinajstić information content (AvgIpc) is 3.06. The van der Waals surface area contributed by atoms with Crippen LogP contribution < -0.4 is 10.2 Å².